The highest BCUT2D eigenvalue weighted by Gasteiger charge is 2.61. The van der Waals surface area contributed by atoms with Gasteiger partial charge in [-0.3, -0.25) is 14.4 Å². The highest BCUT2D eigenvalue weighted by Crippen LogP contribution is 2.38. The Morgan fingerprint density at radius 1 is 1.05 bits per heavy atom. The van der Waals surface area contributed by atoms with Crippen LogP contribution < -0.4 is 5.32 Å². The van der Waals surface area contributed by atoms with Gasteiger partial charge in [0.05, 0.1) is 12.7 Å². The summed E-state index contributed by atoms with van der Waals surface area (Å²) in [6.07, 6.45) is 0. The van der Waals surface area contributed by atoms with Crippen LogP contribution in [0.3, 0.4) is 0 Å². The van der Waals surface area contributed by atoms with Gasteiger partial charge >= 0.3 is 5.97 Å². The minimum atomic E-state index is -2.26. The summed E-state index contributed by atoms with van der Waals surface area (Å²) in [6.45, 7) is 0. The molecule has 0 saturated carbocycles. The van der Waals surface area contributed by atoms with Crippen LogP contribution in [0.2, 0.25) is 0 Å². The van der Waals surface area contributed by atoms with E-state index in [0.29, 0.717) is 0 Å². The zero-order valence-corrected chi connectivity index (χ0v) is 11.8. The van der Waals surface area contributed by atoms with Crippen LogP contribution >= 0.6 is 0 Å². The summed E-state index contributed by atoms with van der Waals surface area (Å²) in [5.74, 6) is -3.13. The van der Waals surface area contributed by atoms with Crippen molar-refractivity contribution in [2.75, 3.05) is 14.2 Å². The lowest BCUT2D eigenvalue weighted by Gasteiger charge is -2.25. The van der Waals surface area contributed by atoms with Crippen LogP contribution in [-0.4, -0.2) is 43.3 Å². The molecule has 2 aliphatic rings. The third-order valence-corrected chi connectivity index (χ3v) is 3.81. The molecule has 7 heteroatoms. The quantitative estimate of drug-likeness (QED) is 0.610. The number of benzene rings is 1. The molecule has 0 aromatic heterocycles. The first kappa shape index (κ1) is 14.2. The van der Waals surface area contributed by atoms with E-state index in [1.54, 1.807) is 12.1 Å². The SMILES string of the molecule is COC(=O)[C@]1(OC)C(=O)NC2=C1C(=O)c1ccccc1C2=O. The molecule has 1 aliphatic heterocycles. The van der Waals surface area contributed by atoms with Gasteiger partial charge in [0, 0.05) is 18.2 Å². The lowest BCUT2D eigenvalue weighted by atomic mass is 9.81. The van der Waals surface area contributed by atoms with E-state index in [1.807, 2.05) is 0 Å². The van der Waals surface area contributed by atoms with Crippen LogP contribution in [0.15, 0.2) is 35.5 Å². The number of Topliss-reactive ketones (excluding diaryl/α,β-unsaturated/α-hetero) is 2. The zero-order chi connectivity index (χ0) is 16.1. The molecule has 0 saturated heterocycles. The number of fused-ring (bicyclic) bond motifs is 1. The largest absolute Gasteiger partial charge is 0.466 e. The van der Waals surface area contributed by atoms with Crippen LogP contribution in [0.25, 0.3) is 0 Å². The van der Waals surface area contributed by atoms with Crippen molar-refractivity contribution < 1.29 is 28.7 Å². The summed E-state index contributed by atoms with van der Waals surface area (Å²) in [5.41, 5.74) is -2.53. The summed E-state index contributed by atoms with van der Waals surface area (Å²) in [4.78, 5) is 49.5. The molecule has 0 bridgehead atoms. The Labute approximate surface area is 124 Å². The molecule has 0 radical (unpaired) electrons. The first-order chi connectivity index (χ1) is 10.5. The van der Waals surface area contributed by atoms with Gasteiger partial charge in [-0.2, -0.15) is 0 Å². The number of allylic oxidation sites excluding steroid dienone is 1. The van der Waals surface area contributed by atoms with Crippen molar-refractivity contribution in [1.29, 1.82) is 0 Å². The highest BCUT2D eigenvalue weighted by atomic mass is 16.6. The molecule has 1 aromatic carbocycles. The molecule has 1 aromatic rings. The van der Waals surface area contributed by atoms with Gasteiger partial charge in [0.1, 0.15) is 5.70 Å². The second-order valence-corrected chi connectivity index (χ2v) is 4.78. The fraction of sp³-hybridized carbons (Fsp3) is 0.200. The molecule has 0 fully saturated rings. The van der Waals surface area contributed by atoms with Gasteiger partial charge in [-0.15, -0.1) is 0 Å². The minimum absolute atomic E-state index is 0.119. The monoisotopic (exact) mass is 301 g/mol. The maximum absolute atomic E-state index is 12.7. The van der Waals surface area contributed by atoms with Crippen LogP contribution in [0.4, 0.5) is 0 Å². The van der Waals surface area contributed by atoms with Crippen molar-refractivity contribution in [2.45, 2.75) is 5.60 Å². The van der Waals surface area contributed by atoms with Gasteiger partial charge in [0.15, 0.2) is 5.78 Å². The van der Waals surface area contributed by atoms with Crippen LogP contribution in [0, 0.1) is 0 Å². The summed E-state index contributed by atoms with van der Waals surface area (Å²) in [6, 6.07) is 6.14. The molecule has 1 heterocycles. The van der Waals surface area contributed by atoms with E-state index in [0.717, 1.165) is 14.2 Å². The predicted octanol–water partition coefficient (Wildman–Crippen LogP) is 0.00770. The number of rotatable bonds is 2. The van der Waals surface area contributed by atoms with E-state index in [2.05, 4.69) is 10.1 Å². The molecule has 0 spiro atoms. The second-order valence-electron chi connectivity index (χ2n) is 4.78. The van der Waals surface area contributed by atoms with Crippen molar-refractivity contribution in [3.05, 3.63) is 46.7 Å². The van der Waals surface area contributed by atoms with E-state index >= 15 is 0 Å². The smallest absolute Gasteiger partial charge is 0.353 e. The Kier molecular flexibility index (Phi) is 2.96. The molecular formula is C15H11NO6. The fourth-order valence-electron chi connectivity index (χ4n) is 2.76. The molecule has 1 aliphatic carbocycles. The van der Waals surface area contributed by atoms with E-state index in [9.17, 15) is 19.2 Å². The number of esters is 1. The van der Waals surface area contributed by atoms with Gasteiger partial charge in [-0.05, 0) is 0 Å². The van der Waals surface area contributed by atoms with E-state index in [4.69, 9.17) is 4.74 Å². The summed E-state index contributed by atoms with van der Waals surface area (Å²) >= 11 is 0. The van der Waals surface area contributed by atoms with E-state index < -0.39 is 29.0 Å². The third kappa shape index (κ3) is 1.48. The topological polar surface area (TPSA) is 98.8 Å². The third-order valence-electron chi connectivity index (χ3n) is 3.81. The number of ether oxygens (including phenoxy) is 2. The maximum atomic E-state index is 12.7. The molecular weight excluding hydrogens is 290 g/mol. The zero-order valence-electron chi connectivity index (χ0n) is 11.8. The summed E-state index contributed by atoms with van der Waals surface area (Å²) < 4.78 is 9.65. The normalized spacial score (nSPS) is 23.1. The van der Waals surface area contributed by atoms with Gasteiger partial charge < -0.3 is 14.8 Å². The van der Waals surface area contributed by atoms with Gasteiger partial charge in [-0.25, -0.2) is 4.79 Å². The van der Waals surface area contributed by atoms with E-state index in [1.165, 1.54) is 12.1 Å². The van der Waals surface area contributed by atoms with Gasteiger partial charge in [0.2, 0.25) is 5.78 Å². The highest BCUT2D eigenvalue weighted by molar-refractivity contribution is 6.35. The lowest BCUT2D eigenvalue weighted by molar-refractivity contribution is -0.166. The lowest BCUT2D eigenvalue weighted by Crippen LogP contribution is -2.52. The average molecular weight is 301 g/mol. The van der Waals surface area contributed by atoms with Crippen molar-refractivity contribution >= 4 is 23.4 Å². The number of amides is 1. The second kappa shape index (κ2) is 4.60. The Bertz CT molecular complexity index is 778. The number of carbonyl (C=O) groups is 4. The molecule has 1 amide bonds. The van der Waals surface area contributed by atoms with Crippen molar-refractivity contribution in [3.63, 3.8) is 0 Å². The Morgan fingerprint density at radius 2 is 1.64 bits per heavy atom. The average Bonchev–Trinajstić information content (AvgIpc) is 2.85. The maximum Gasteiger partial charge on any atom is 0.353 e. The minimum Gasteiger partial charge on any atom is -0.466 e. The molecule has 22 heavy (non-hydrogen) atoms. The number of methoxy groups -OCH3 is 2. The summed E-state index contributed by atoms with van der Waals surface area (Å²) in [5, 5.41) is 2.28. The van der Waals surface area contributed by atoms with Gasteiger partial charge in [-0.1, -0.05) is 24.3 Å². The molecule has 1 N–H and O–H groups in total. The number of nitrogens with one attached hydrogen (secondary N) is 1. The van der Waals surface area contributed by atoms with Crippen molar-refractivity contribution in [3.8, 4) is 0 Å². The van der Waals surface area contributed by atoms with E-state index in [-0.39, 0.29) is 22.4 Å². The first-order valence-corrected chi connectivity index (χ1v) is 6.37. The first-order valence-electron chi connectivity index (χ1n) is 6.37. The molecule has 112 valence electrons. The molecule has 3 rings (SSSR count). The number of hydrogen-bond donors (Lipinski definition) is 1. The Hall–Kier alpha value is -2.80. The van der Waals surface area contributed by atoms with Crippen LogP contribution in [0.1, 0.15) is 20.7 Å². The van der Waals surface area contributed by atoms with Crippen LogP contribution in [0.5, 0.6) is 0 Å². The number of carbonyl (C=O) groups excluding carboxylic acids is 4. The summed E-state index contributed by atoms with van der Waals surface area (Å²) in [7, 11) is 2.17. The number of ketones is 2. The molecule has 1 atom stereocenters. The molecule has 0 unspecified atom stereocenters. The Balaban J connectivity index is 2.29. The Morgan fingerprint density at radius 3 is 2.18 bits per heavy atom. The standard InChI is InChI=1S/C15H11NO6/c1-21-14(20)15(22-2)9-10(16-13(15)19)12(18)8-6-4-3-5-7(8)11(9)17/h3-6H,1-2H3,(H,16,19)/t15-/m1/s1. The molecule has 7 nitrogen and oxygen atoms in total. The van der Waals surface area contributed by atoms with Crippen molar-refractivity contribution in [2.24, 2.45) is 0 Å². The van der Waals surface area contributed by atoms with Gasteiger partial charge in [0.25, 0.3) is 11.5 Å². The van der Waals surface area contributed by atoms with Crippen molar-refractivity contribution in [1.82, 2.24) is 5.32 Å². The fourth-order valence-corrected chi connectivity index (χ4v) is 2.76. The van der Waals surface area contributed by atoms with Crippen LogP contribution in [-0.2, 0) is 19.1 Å². The number of hydrogen-bond acceptors (Lipinski definition) is 6. The predicted molar refractivity (Wildman–Crippen MR) is 72.0 cm³/mol.